The zero-order valence-electron chi connectivity index (χ0n) is 18.1. The number of aromatic nitrogens is 5. The van der Waals surface area contributed by atoms with Gasteiger partial charge in [0.1, 0.15) is 16.2 Å². The molecule has 0 fully saturated rings. The second kappa shape index (κ2) is 9.12. The van der Waals surface area contributed by atoms with Gasteiger partial charge in [0, 0.05) is 10.9 Å². The number of carbonyl (C=O) groups excluding carboxylic acids is 1. The van der Waals surface area contributed by atoms with Crippen molar-refractivity contribution in [3.8, 4) is 16.5 Å². The summed E-state index contributed by atoms with van der Waals surface area (Å²) in [6.45, 7) is 0. The summed E-state index contributed by atoms with van der Waals surface area (Å²) >= 11 is 1.33. The van der Waals surface area contributed by atoms with Crippen molar-refractivity contribution in [3.05, 3.63) is 71.9 Å². The highest BCUT2D eigenvalue weighted by Gasteiger charge is 2.23. The Balaban J connectivity index is 1.39. The van der Waals surface area contributed by atoms with E-state index in [1.807, 2.05) is 30.3 Å². The molecule has 176 valence electrons. The summed E-state index contributed by atoms with van der Waals surface area (Å²) in [5.74, 6) is -0.622. The van der Waals surface area contributed by atoms with Crippen LogP contribution >= 0.6 is 11.3 Å². The van der Waals surface area contributed by atoms with Gasteiger partial charge in [0.05, 0.1) is 30.2 Å². The third-order valence-electron chi connectivity index (χ3n) is 4.89. The van der Waals surface area contributed by atoms with E-state index >= 15 is 0 Å². The summed E-state index contributed by atoms with van der Waals surface area (Å²) in [5, 5.41) is 15.2. The van der Waals surface area contributed by atoms with Crippen LogP contribution in [0.1, 0.15) is 10.5 Å². The van der Waals surface area contributed by atoms with Gasteiger partial charge in [-0.05, 0) is 24.3 Å². The number of rotatable bonds is 7. The van der Waals surface area contributed by atoms with Crippen LogP contribution in [0, 0.1) is 0 Å². The number of sulfonamides is 1. The highest BCUT2D eigenvalue weighted by Crippen LogP contribution is 2.28. The van der Waals surface area contributed by atoms with Crippen molar-refractivity contribution >= 4 is 49.7 Å². The van der Waals surface area contributed by atoms with Crippen LogP contribution in [0.25, 0.3) is 21.6 Å². The molecule has 35 heavy (non-hydrogen) atoms. The van der Waals surface area contributed by atoms with Crippen molar-refractivity contribution in [1.82, 2.24) is 25.4 Å². The molecule has 3 N–H and O–H groups in total. The highest BCUT2D eigenvalue weighted by atomic mass is 32.2. The first-order valence-corrected chi connectivity index (χ1v) is 12.5. The number of pyridine rings is 1. The van der Waals surface area contributed by atoms with Crippen molar-refractivity contribution in [1.29, 1.82) is 0 Å². The number of benzene rings is 2. The van der Waals surface area contributed by atoms with Gasteiger partial charge in [-0.15, -0.1) is 16.4 Å². The van der Waals surface area contributed by atoms with E-state index in [4.69, 9.17) is 4.74 Å². The lowest BCUT2D eigenvalue weighted by atomic mass is 10.2. The Labute approximate surface area is 203 Å². The number of thiazole rings is 1. The second-order valence-corrected chi connectivity index (χ2v) is 9.75. The molecule has 2 aromatic carbocycles. The van der Waals surface area contributed by atoms with Gasteiger partial charge in [-0.2, -0.15) is 0 Å². The fourth-order valence-electron chi connectivity index (χ4n) is 3.25. The zero-order valence-corrected chi connectivity index (χ0v) is 19.7. The molecule has 0 bridgehead atoms. The van der Waals surface area contributed by atoms with Crippen molar-refractivity contribution in [2.75, 3.05) is 17.1 Å². The standard InChI is InChI=1S/C22H17N7O4S2/c1-33-21-19(35(31,32)28-14-7-8-16-17(9-14)27-29-26-16)10-15(11-23-21)24-20(30)18-12-34-22(25-18)13-5-3-2-4-6-13/h2-12,28H,1H3,(H,24,30)(H,26,27,29). The van der Waals surface area contributed by atoms with E-state index in [9.17, 15) is 13.2 Å². The average Bonchev–Trinajstić information content (AvgIpc) is 3.54. The summed E-state index contributed by atoms with van der Waals surface area (Å²) < 4.78 is 33.9. The van der Waals surface area contributed by atoms with Gasteiger partial charge in [0.25, 0.3) is 15.9 Å². The Morgan fingerprint density at radius 1 is 1.09 bits per heavy atom. The number of carbonyl (C=O) groups is 1. The molecular formula is C22H17N7O4S2. The molecule has 3 aromatic heterocycles. The molecule has 0 atom stereocenters. The predicted octanol–water partition coefficient (Wildman–Crippen LogP) is 3.54. The van der Waals surface area contributed by atoms with E-state index in [2.05, 4.69) is 35.4 Å². The van der Waals surface area contributed by atoms with E-state index in [0.29, 0.717) is 16.0 Å². The van der Waals surface area contributed by atoms with Crippen LogP contribution in [0.5, 0.6) is 5.88 Å². The quantitative estimate of drug-likeness (QED) is 0.302. The number of fused-ring (bicyclic) bond motifs is 1. The molecule has 0 unspecified atom stereocenters. The summed E-state index contributed by atoms with van der Waals surface area (Å²) in [5.41, 5.74) is 2.71. The van der Waals surface area contributed by atoms with Gasteiger partial charge < -0.3 is 10.1 Å². The molecule has 0 radical (unpaired) electrons. The number of amides is 1. The first kappa shape index (κ1) is 22.4. The maximum absolute atomic E-state index is 13.1. The monoisotopic (exact) mass is 507 g/mol. The number of ether oxygens (including phenoxy) is 1. The summed E-state index contributed by atoms with van der Waals surface area (Å²) in [4.78, 5) is 20.9. The van der Waals surface area contributed by atoms with Crippen molar-refractivity contribution in [3.63, 3.8) is 0 Å². The zero-order chi connectivity index (χ0) is 24.4. The second-order valence-electron chi connectivity index (χ2n) is 7.24. The van der Waals surface area contributed by atoms with Crippen molar-refractivity contribution in [2.45, 2.75) is 4.90 Å². The smallest absolute Gasteiger partial charge is 0.275 e. The minimum Gasteiger partial charge on any atom is -0.480 e. The van der Waals surface area contributed by atoms with Crippen LogP contribution in [0.15, 0.2) is 71.1 Å². The molecule has 0 spiro atoms. The van der Waals surface area contributed by atoms with Crippen LogP contribution in [0.2, 0.25) is 0 Å². The van der Waals surface area contributed by atoms with E-state index in [1.54, 1.807) is 23.6 Å². The Morgan fingerprint density at radius 3 is 2.71 bits per heavy atom. The first-order valence-electron chi connectivity index (χ1n) is 10.1. The van der Waals surface area contributed by atoms with Gasteiger partial charge in [0.2, 0.25) is 5.88 Å². The number of H-pyrrole nitrogens is 1. The molecule has 5 rings (SSSR count). The molecule has 1 amide bonds. The third kappa shape index (κ3) is 4.67. The molecule has 11 nitrogen and oxygen atoms in total. The molecule has 0 aliphatic rings. The topological polar surface area (TPSA) is 152 Å². The van der Waals surface area contributed by atoms with E-state index in [1.165, 1.54) is 30.7 Å². The average molecular weight is 508 g/mol. The maximum Gasteiger partial charge on any atom is 0.275 e. The molecule has 3 heterocycles. The number of hydrogen-bond acceptors (Lipinski definition) is 9. The fourth-order valence-corrected chi connectivity index (χ4v) is 5.25. The number of aromatic amines is 1. The Kier molecular flexibility index (Phi) is 5.84. The summed E-state index contributed by atoms with van der Waals surface area (Å²) in [6, 6.07) is 15.5. The van der Waals surface area contributed by atoms with Crippen molar-refractivity contribution in [2.24, 2.45) is 0 Å². The largest absolute Gasteiger partial charge is 0.480 e. The molecule has 13 heteroatoms. The molecule has 0 aliphatic carbocycles. The minimum absolute atomic E-state index is 0.125. The number of anilines is 2. The lowest BCUT2D eigenvalue weighted by molar-refractivity contribution is 0.102. The number of nitrogens with one attached hydrogen (secondary N) is 3. The Morgan fingerprint density at radius 2 is 1.91 bits per heavy atom. The normalized spacial score (nSPS) is 11.3. The fraction of sp³-hybridized carbons (Fsp3) is 0.0455. The first-order chi connectivity index (χ1) is 16.9. The molecule has 0 saturated carbocycles. The van der Waals surface area contributed by atoms with Gasteiger partial charge >= 0.3 is 0 Å². The highest BCUT2D eigenvalue weighted by molar-refractivity contribution is 7.92. The van der Waals surface area contributed by atoms with Crippen LogP contribution < -0.4 is 14.8 Å². The molecular weight excluding hydrogens is 490 g/mol. The number of methoxy groups -OCH3 is 1. The van der Waals surface area contributed by atoms with Crippen LogP contribution in [-0.4, -0.2) is 46.8 Å². The molecule has 5 aromatic rings. The summed E-state index contributed by atoms with van der Waals surface area (Å²) in [7, 11) is -2.81. The minimum atomic E-state index is -4.12. The van der Waals surface area contributed by atoms with Gasteiger partial charge in [-0.25, -0.2) is 18.4 Å². The van der Waals surface area contributed by atoms with E-state index in [-0.39, 0.29) is 27.8 Å². The van der Waals surface area contributed by atoms with Crippen LogP contribution in [0.4, 0.5) is 11.4 Å². The van der Waals surface area contributed by atoms with Crippen LogP contribution in [-0.2, 0) is 10.0 Å². The lowest BCUT2D eigenvalue weighted by Gasteiger charge is -2.12. The summed E-state index contributed by atoms with van der Waals surface area (Å²) in [6.07, 6.45) is 1.31. The lowest BCUT2D eigenvalue weighted by Crippen LogP contribution is -2.17. The third-order valence-corrected chi connectivity index (χ3v) is 7.16. The Hall–Kier alpha value is -4.36. The maximum atomic E-state index is 13.1. The number of hydrogen-bond donors (Lipinski definition) is 3. The number of nitrogens with zero attached hydrogens (tertiary/aromatic N) is 4. The Bertz CT molecular complexity index is 1630. The van der Waals surface area contributed by atoms with Gasteiger partial charge in [-0.1, -0.05) is 35.5 Å². The van der Waals surface area contributed by atoms with Crippen LogP contribution in [0.3, 0.4) is 0 Å². The van der Waals surface area contributed by atoms with Gasteiger partial charge in [0.15, 0.2) is 4.90 Å². The molecule has 0 aliphatic heterocycles. The van der Waals surface area contributed by atoms with Crippen molar-refractivity contribution < 1.29 is 17.9 Å². The SMILES string of the molecule is COc1ncc(NC(=O)c2csc(-c3ccccc3)n2)cc1S(=O)(=O)Nc1ccc2nn[nH]c2c1. The predicted molar refractivity (Wildman–Crippen MR) is 131 cm³/mol. The molecule has 0 saturated heterocycles. The van der Waals surface area contributed by atoms with E-state index < -0.39 is 15.9 Å². The van der Waals surface area contributed by atoms with E-state index in [0.717, 1.165) is 5.56 Å². The van der Waals surface area contributed by atoms with Gasteiger partial charge in [-0.3, -0.25) is 14.6 Å².